The maximum Gasteiger partial charge on any atom is 0.257 e. The Morgan fingerprint density at radius 3 is 2.75 bits per heavy atom. The number of pyridine rings is 1. The summed E-state index contributed by atoms with van der Waals surface area (Å²) in [6.45, 7) is 5.18. The molecular weight excluding hydrogens is 257 g/mol. The van der Waals surface area contributed by atoms with Gasteiger partial charge in [-0.1, -0.05) is 12.8 Å². The van der Waals surface area contributed by atoms with E-state index in [0.29, 0.717) is 24.5 Å². The molecule has 1 saturated carbocycles. The van der Waals surface area contributed by atoms with Crippen LogP contribution in [0.25, 0.3) is 0 Å². The number of halogens is 1. The zero-order chi connectivity index (χ0) is 14.5. The molecule has 0 atom stereocenters. The lowest BCUT2D eigenvalue weighted by Gasteiger charge is -2.28. The summed E-state index contributed by atoms with van der Waals surface area (Å²) < 4.78 is 13.4. The molecule has 20 heavy (non-hydrogen) atoms. The maximum atomic E-state index is 13.4. The third-order valence-corrected chi connectivity index (χ3v) is 3.80. The van der Waals surface area contributed by atoms with Crippen LogP contribution in [0.4, 0.5) is 10.2 Å². The molecule has 0 bridgehead atoms. The van der Waals surface area contributed by atoms with Crippen molar-refractivity contribution in [2.45, 2.75) is 45.6 Å². The highest BCUT2D eigenvalue weighted by molar-refractivity contribution is 5.99. The minimum absolute atomic E-state index is 0.123. The van der Waals surface area contributed by atoms with E-state index in [2.05, 4.69) is 10.3 Å². The molecule has 1 N–H and O–H groups in total. The Kier molecular flexibility index (Phi) is 4.93. The van der Waals surface area contributed by atoms with Gasteiger partial charge in [-0.05, 0) is 32.8 Å². The molecule has 5 heteroatoms. The summed E-state index contributed by atoms with van der Waals surface area (Å²) in [6, 6.07) is 1.57. The Morgan fingerprint density at radius 2 is 2.15 bits per heavy atom. The fourth-order valence-electron chi connectivity index (χ4n) is 2.85. The SMILES string of the molecule is CCNc1ncc(F)cc1C(=O)N(CC)C1CCCC1. The first-order valence-electron chi connectivity index (χ1n) is 7.37. The molecule has 0 aromatic carbocycles. The number of amides is 1. The van der Waals surface area contributed by atoms with E-state index in [9.17, 15) is 9.18 Å². The van der Waals surface area contributed by atoms with Crippen LogP contribution in [0.1, 0.15) is 49.9 Å². The molecule has 0 unspecified atom stereocenters. The molecule has 2 rings (SSSR count). The second-order valence-electron chi connectivity index (χ2n) is 5.11. The lowest BCUT2D eigenvalue weighted by atomic mass is 10.1. The Balaban J connectivity index is 2.27. The van der Waals surface area contributed by atoms with Gasteiger partial charge in [0.25, 0.3) is 5.91 Å². The molecule has 1 aliphatic carbocycles. The summed E-state index contributed by atoms with van der Waals surface area (Å²) in [5.41, 5.74) is 0.334. The van der Waals surface area contributed by atoms with Gasteiger partial charge < -0.3 is 10.2 Å². The standard InChI is InChI=1S/C15H22FN3O/c1-3-17-14-13(9-11(16)10-18-14)15(20)19(4-2)12-7-5-6-8-12/h9-10,12H,3-8H2,1-2H3,(H,17,18). The van der Waals surface area contributed by atoms with E-state index in [0.717, 1.165) is 31.9 Å². The molecule has 0 radical (unpaired) electrons. The highest BCUT2D eigenvalue weighted by atomic mass is 19.1. The van der Waals surface area contributed by atoms with Crippen molar-refractivity contribution < 1.29 is 9.18 Å². The second kappa shape index (κ2) is 6.68. The molecule has 1 amide bonds. The van der Waals surface area contributed by atoms with E-state index >= 15 is 0 Å². The largest absolute Gasteiger partial charge is 0.370 e. The molecule has 0 spiro atoms. The van der Waals surface area contributed by atoms with Crippen LogP contribution in [0, 0.1) is 5.82 Å². The Labute approximate surface area is 119 Å². The summed E-state index contributed by atoms with van der Waals surface area (Å²) in [5.74, 6) is -0.129. The van der Waals surface area contributed by atoms with Crippen LogP contribution in [0.15, 0.2) is 12.3 Å². The van der Waals surface area contributed by atoms with Crippen molar-refractivity contribution in [3.05, 3.63) is 23.6 Å². The maximum absolute atomic E-state index is 13.4. The summed E-state index contributed by atoms with van der Waals surface area (Å²) in [6.07, 6.45) is 5.55. The van der Waals surface area contributed by atoms with Gasteiger partial charge in [0.15, 0.2) is 0 Å². The topological polar surface area (TPSA) is 45.2 Å². The molecule has 1 aliphatic rings. The molecule has 4 nitrogen and oxygen atoms in total. The normalized spacial score (nSPS) is 15.3. The van der Waals surface area contributed by atoms with Crippen LogP contribution < -0.4 is 5.32 Å². The van der Waals surface area contributed by atoms with E-state index in [1.165, 1.54) is 6.07 Å². The van der Waals surface area contributed by atoms with Gasteiger partial charge in [0.2, 0.25) is 0 Å². The molecule has 0 saturated heterocycles. The fraction of sp³-hybridized carbons (Fsp3) is 0.600. The Morgan fingerprint density at radius 1 is 1.45 bits per heavy atom. The van der Waals surface area contributed by atoms with Gasteiger partial charge in [-0.15, -0.1) is 0 Å². The van der Waals surface area contributed by atoms with Crippen molar-refractivity contribution in [1.82, 2.24) is 9.88 Å². The van der Waals surface area contributed by atoms with E-state index in [4.69, 9.17) is 0 Å². The zero-order valence-corrected chi connectivity index (χ0v) is 12.2. The van der Waals surface area contributed by atoms with E-state index in [-0.39, 0.29) is 11.9 Å². The van der Waals surface area contributed by atoms with Gasteiger partial charge in [-0.2, -0.15) is 0 Å². The summed E-state index contributed by atoms with van der Waals surface area (Å²) in [7, 11) is 0. The summed E-state index contributed by atoms with van der Waals surface area (Å²) in [4.78, 5) is 18.5. The third-order valence-electron chi connectivity index (χ3n) is 3.80. The van der Waals surface area contributed by atoms with E-state index < -0.39 is 5.82 Å². The van der Waals surface area contributed by atoms with Gasteiger partial charge in [0, 0.05) is 19.1 Å². The first-order chi connectivity index (χ1) is 9.67. The number of nitrogens with zero attached hydrogens (tertiary/aromatic N) is 2. The van der Waals surface area contributed by atoms with E-state index in [1.54, 1.807) is 0 Å². The van der Waals surface area contributed by atoms with Gasteiger partial charge >= 0.3 is 0 Å². The lowest BCUT2D eigenvalue weighted by Crippen LogP contribution is -2.39. The van der Waals surface area contributed by atoms with Crippen LogP contribution in [0.2, 0.25) is 0 Å². The molecule has 0 aliphatic heterocycles. The number of aromatic nitrogens is 1. The van der Waals surface area contributed by atoms with Crippen molar-refractivity contribution in [3.63, 3.8) is 0 Å². The highest BCUT2D eigenvalue weighted by Gasteiger charge is 2.28. The third kappa shape index (κ3) is 3.08. The summed E-state index contributed by atoms with van der Waals surface area (Å²) >= 11 is 0. The quantitative estimate of drug-likeness (QED) is 0.901. The van der Waals surface area contributed by atoms with Crippen LogP contribution in [-0.4, -0.2) is 34.9 Å². The van der Waals surface area contributed by atoms with Gasteiger partial charge in [-0.25, -0.2) is 9.37 Å². The number of hydrogen-bond donors (Lipinski definition) is 1. The summed E-state index contributed by atoms with van der Waals surface area (Å²) in [5, 5.41) is 3.03. The van der Waals surface area contributed by atoms with Crippen LogP contribution in [0.3, 0.4) is 0 Å². The van der Waals surface area contributed by atoms with E-state index in [1.807, 2.05) is 18.7 Å². The first-order valence-corrected chi connectivity index (χ1v) is 7.37. The van der Waals surface area contributed by atoms with Crippen molar-refractivity contribution in [1.29, 1.82) is 0 Å². The number of rotatable bonds is 5. The number of carbonyl (C=O) groups excluding carboxylic acids is 1. The average Bonchev–Trinajstić information content (AvgIpc) is 2.95. The fourth-order valence-corrected chi connectivity index (χ4v) is 2.85. The number of anilines is 1. The van der Waals surface area contributed by atoms with Crippen LogP contribution in [0.5, 0.6) is 0 Å². The Hall–Kier alpha value is -1.65. The zero-order valence-electron chi connectivity index (χ0n) is 12.2. The molecule has 1 heterocycles. The molecular formula is C15H22FN3O. The van der Waals surface area contributed by atoms with Gasteiger partial charge in [0.05, 0.1) is 11.8 Å². The smallest absolute Gasteiger partial charge is 0.257 e. The lowest BCUT2D eigenvalue weighted by molar-refractivity contribution is 0.0693. The monoisotopic (exact) mass is 279 g/mol. The van der Waals surface area contributed by atoms with Gasteiger partial charge in [0.1, 0.15) is 11.6 Å². The minimum atomic E-state index is -0.475. The average molecular weight is 279 g/mol. The molecule has 1 fully saturated rings. The van der Waals surface area contributed by atoms with Gasteiger partial charge in [-0.3, -0.25) is 4.79 Å². The predicted octanol–water partition coefficient (Wildman–Crippen LogP) is 3.06. The first kappa shape index (κ1) is 14.8. The molecule has 1 aromatic rings. The number of carbonyl (C=O) groups is 1. The van der Waals surface area contributed by atoms with Crippen LogP contribution >= 0.6 is 0 Å². The number of hydrogen-bond acceptors (Lipinski definition) is 3. The number of nitrogens with one attached hydrogen (secondary N) is 1. The molecule has 1 aromatic heterocycles. The Bertz CT molecular complexity index is 472. The minimum Gasteiger partial charge on any atom is -0.370 e. The van der Waals surface area contributed by atoms with Crippen LogP contribution in [-0.2, 0) is 0 Å². The molecule has 110 valence electrons. The van der Waals surface area contributed by atoms with Crippen molar-refractivity contribution in [2.75, 3.05) is 18.4 Å². The highest BCUT2D eigenvalue weighted by Crippen LogP contribution is 2.26. The predicted molar refractivity (Wildman–Crippen MR) is 77.3 cm³/mol. The van der Waals surface area contributed by atoms with Crippen molar-refractivity contribution >= 4 is 11.7 Å². The van der Waals surface area contributed by atoms with Crippen molar-refractivity contribution in [3.8, 4) is 0 Å². The second-order valence-corrected chi connectivity index (χ2v) is 5.11. The van der Waals surface area contributed by atoms with Crippen molar-refractivity contribution in [2.24, 2.45) is 0 Å².